The Kier molecular flexibility index (Phi) is 7.77. The lowest BCUT2D eigenvalue weighted by Gasteiger charge is -2.42. The average Bonchev–Trinajstić information content (AvgIpc) is 3.51. The fraction of sp³-hybridized carbons (Fsp3) is 0.677. The van der Waals surface area contributed by atoms with Crippen molar-refractivity contribution in [1.29, 1.82) is 0 Å². The molecule has 7 heteroatoms. The van der Waals surface area contributed by atoms with Crippen LogP contribution in [0.3, 0.4) is 0 Å². The number of carbonyl (C=O) groups excluding carboxylic acids is 1. The topological polar surface area (TPSA) is 77.8 Å². The zero-order chi connectivity index (χ0) is 27.0. The van der Waals surface area contributed by atoms with E-state index in [0.717, 1.165) is 69.9 Å². The first-order chi connectivity index (χ1) is 18.2. The predicted molar refractivity (Wildman–Crippen MR) is 153 cm³/mol. The van der Waals surface area contributed by atoms with Crippen molar-refractivity contribution < 1.29 is 14.7 Å². The quantitative estimate of drug-likeness (QED) is 0.446. The summed E-state index contributed by atoms with van der Waals surface area (Å²) in [5, 5.41) is 14.3. The van der Waals surface area contributed by atoms with Crippen LogP contribution in [0.1, 0.15) is 96.7 Å². The molecule has 38 heavy (non-hydrogen) atoms. The molecule has 5 rings (SSSR count). The monoisotopic (exact) mass is 522 g/mol. The number of nitrogens with zero attached hydrogens (tertiary/aromatic N) is 3. The highest BCUT2D eigenvalue weighted by Gasteiger charge is 2.37. The number of hydrogen-bond donors (Lipinski definition) is 2. The van der Waals surface area contributed by atoms with Gasteiger partial charge in [-0.25, -0.2) is 4.79 Å². The van der Waals surface area contributed by atoms with Crippen LogP contribution in [-0.4, -0.2) is 55.6 Å². The molecule has 2 amide bonds. The lowest BCUT2D eigenvalue weighted by Crippen LogP contribution is -2.52. The van der Waals surface area contributed by atoms with Gasteiger partial charge in [-0.05, 0) is 89.5 Å². The van der Waals surface area contributed by atoms with Crippen LogP contribution in [-0.2, 0) is 24.3 Å². The summed E-state index contributed by atoms with van der Waals surface area (Å²) in [7, 11) is 0. The summed E-state index contributed by atoms with van der Waals surface area (Å²) >= 11 is 0. The summed E-state index contributed by atoms with van der Waals surface area (Å²) in [6.07, 6.45) is 9.60. The molecule has 1 aromatic carbocycles. The second-order valence-corrected chi connectivity index (χ2v) is 12.8. The molecule has 208 valence electrons. The molecular weight excluding hydrogens is 476 g/mol. The molecule has 1 aliphatic heterocycles. The number of carbonyl (C=O) groups is 2. The Balaban J connectivity index is 1.31. The van der Waals surface area contributed by atoms with E-state index in [4.69, 9.17) is 0 Å². The smallest absolute Gasteiger partial charge is 0.407 e. The molecule has 0 unspecified atom stereocenters. The molecule has 2 saturated carbocycles. The van der Waals surface area contributed by atoms with Gasteiger partial charge in [-0.1, -0.05) is 19.8 Å². The van der Waals surface area contributed by atoms with Gasteiger partial charge in [0, 0.05) is 71.9 Å². The molecule has 0 radical (unpaired) electrons. The number of amides is 2. The lowest BCUT2D eigenvalue weighted by atomic mass is 9.83. The van der Waals surface area contributed by atoms with Crippen LogP contribution in [0.4, 0.5) is 10.5 Å². The standard InChI is InChI=1S/C31H46N4O3/c1-5-17-34-27-15-12-22(19-25(27)26-20-33(18-16-28(26)34)23-8-6-7-9-23)32-29(36)21-10-13-24(14-11-21)35(30(37)38)31(2,3)4/h12,15,19,21,23-24H,5-11,13-14,16-18,20H2,1-4H3,(H,32,36)(H,37,38)/t21-,24-. The Morgan fingerprint density at radius 2 is 1.79 bits per heavy atom. The second-order valence-electron chi connectivity index (χ2n) is 12.8. The first-order valence-electron chi connectivity index (χ1n) is 14.9. The minimum atomic E-state index is -0.872. The van der Waals surface area contributed by atoms with Gasteiger partial charge in [0.05, 0.1) is 0 Å². The third kappa shape index (κ3) is 5.31. The highest BCUT2D eigenvalue weighted by molar-refractivity contribution is 5.96. The fourth-order valence-electron chi connectivity index (χ4n) is 7.44. The van der Waals surface area contributed by atoms with Gasteiger partial charge in [0.2, 0.25) is 5.91 Å². The number of hydrogen-bond acceptors (Lipinski definition) is 3. The number of rotatable bonds is 6. The molecule has 1 aromatic heterocycles. The van der Waals surface area contributed by atoms with Crippen LogP contribution in [0.5, 0.6) is 0 Å². The van der Waals surface area contributed by atoms with Crippen molar-refractivity contribution in [3.05, 3.63) is 29.5 Å². The predicted octanol–water partition coefficient (Wildman–Crippen LogP) is 6.63. The Morgan fingerprint density at radius 3 is 2.42 bits per heavy atom. The van der Waals surface area contributed by atoms with E-state index >= 15 is 0 Å². The number of fused-ring (bicyclic) bond motifs is 3. The third-order valence-corrected chi connectivity index (χ3v) is 9.20. The van der Waals surface area contributed by atoms with Crippen molar-refractivity contribution in [2.45, 2.75) is 123 Å². The molecule has 0 spiro atoms. The number of aromatic nitrogens is 1. The Morgan fingerprint density at radius 1 is 1.08 bits per heavy atom. The van der Waals surface area contributed by atoms with Gasteiger partial charge in [-0.2, -0.15) is 0 Å². The van der Waals surface area contributed by atoms with E-state index in [2.05, 4.69) is 39.9 Å². The summed E-state index contributed by atoms with van der Waals surface area (Å²) in [5.41, 5.74) is 4.67. The number of aryl methyl sites for hydroxylation is 1. The SMILES string of the molecule is CCCn1c2c(c3cc(NC(=O)[C@H]4CC[C@H](N(C(=O)O)C(C)(C)C)CC4)ccc31)CN(C1CCCC1)CC2. The Bertz CT molecular complexity index is 1170. The largest absolute Gasteiger partial charge is 0.465 e. The van der Waals surface area contributed by atoms with Crippen molar-refractivity contribution >= 4 is 28.6 Å². The Hall–Kier alpha value is -2.54. The highest BCUT2D eigenvalue weighted by Crippen LogP contribution is 2.37. The average molecular weight is 523 g/mol. The fourth-order valence-corrected chi connectivity index (χ4v) is 7.44. The van der Waals surface area contributed by atoms with E-state index in [1.54, 1.807) is 4.90 Å². The zero-order valence-electron chi connectivity index (χ0n) is 23.8. The van der Waals surface area contributed by atoms with Crippen molar-refractivity contribution in [1.82, 2.24) is 14.4 Å². The van der Waals surface area contributed by atoms with Crippen LogP contribution in [0, 0.1) is 5.92 Å². The molecule has 0 saturated heterocycles. The van der Waals surface area contributed by atoms with Crippen LogP contribution in [0.15, 0.2) is 18.2 Å². The maximum absolute atomic E-state index is 13.3. The minimum absolute atomic E-state index is 0.0273. The van der Waals surface area contributed by atoms with E-state index < -0.39 is 11.6 Å². The number of anilines is 1. The molecule has 2 fully saturated rings. The summed E-state index contributed by atoms with van der Waals surface area (Å²) in [6.45, 7) is 11.3. The molecule has 0 atom stereocenters. The van der Waals surface area contributed by atoms with E-state index in [1.165, 1.54) is 47.8 Å². The van der Waals surface area contributed by atoms with E-state index in [1.807, 2.05) is 20.8 Å². The molecular formula is C31H46N4O3. The van der Waals surface area contributed by atoms with Gasteiger partial charge < -0.3 is 19.9 Å². The van der Waals surface area contributed by atoms with E-state index in [0.29, 0.717) is 0 Å². The van der Waals surface area contributed by atoms with Crippen molar-refractivity contribution in [2.75, 3.05) is 11.9 Å². The normalized spacial score (nSPS) is 22.9. The maximum Gasteiger partial charge on any atom is 0.407 e. The first-order valence-corrected chi connectivity index (χ1v) is 14.9. The number of benzene rings is 1. The number of nitrogens with one attached hydrogen (secondary N) is 1. The van der Waals surface area contributed by atoms with E-state index in [-0.39, 0.29) is 17.9 Å². The summed E-state index contributed by atoms with van der Waals surface area (Å²) in [4.78, 5) is 29.4. The lowest BCUT2D eigenvalue weighted by molar-refractivity contribution is -0.121. The van der Waals surface area contributed by atoms with Gasteiger partial charge in [0.1, 0.15) is 0 Å². The van der Waals surface area contributed by atoms with Gasteiger partial charge >= 0.3 is 6.09 Å². The van der Waals surface area contributed by atoms with Crippen LogP contribution < -0.4 is 5.32 Å². The van der Waals surface area contributed by atoms with E-state index in [9.17, 15) is 14.7 Å². The van der Waals surface area contributed by atoms with Crippen molar-refractivity contribution in [2.24, 2.45) is 5.92 Å². The Labute approximate surface area is 227 Å². The minimum Gasteiger partial charge on any atom is -0.465 e. The third-order valence-electron chi connectivity index (χ3n) is 9.20. The van der Waals surface area contributed by atoms with Crippen molar-refractivity contribution in [3.8, 4) is 0 Å². The molecule has 3 aliphatic rings. The molecule has 7 nitrogen and oxygen atoms in total. The molecule has 2 aliphatic carbocycles. The van der Waals surface area contributed by atoms with Crippen LogP contribution in [0.2, 0.25) is 0 Å². The van der Waals surface area contributed by atoms with Crippen LogP contribution >= 0.6 is 0 Å². The van der Waals surface area contributed by atoms with Crippen molar-refractivity contribution in [3.63, 3.8) is 0 Å². The van der Waals surface area contributed by atoms with Gasteiger partial charge in [0.15, 0.2) is 0 Å². The zero-order valence-corrected chi connectivity index (χ0v) is 23.8. The summed E-state index contributed by atoms with van der Waals surface area (Å²) in [5.74, 6) is -0.0103. The first kappa shape index (κ1) is 27.0. The summed E-state index contributed by atoms with van der Waals surface area (Å²) in [6, 6.07) is 7.16. The summed E-state index contributed by atoms with van der Waals surface area (Å²) < 4.78 is 2.52. The van der Waals surface area contributed by atoms with Gasteiger partial charge in [0.25, 0.3) is 0 Å². The molecule has 2 N–H and O–H groups in total. The maximum atomic E-state index is 13.3. The van der Waals surface area contributed by atoms with Crippen LogP contribution in [0.25, 0.3) is 10.9 Å². The number of carboxylic acid groups (broad SMARTS) is 1. The van der Waals surface area contributed by atoms with Gasteiger partial charge in [-0.15, -0.1) is 0 Å². The second kappa shape index (κ2) is 10.9. The molecule has 2 heterocycles. The molecule has 0 bridgehead atoms. The van der Waals surface area contributed by atoms with Gasteiger partial charge in [-0.3, -0.25) is 9.69 Å². The molecule has 2 aromatic rings. The highest BCUT2D eigenvalue weighted by atomic mass is 16.4.